The van der Waals surface area contributed by atoms with Gasteiger partial charge in [0.05, 0.1) is 32.4 Å². The highest BCUT2D eigenvalue weighted by Crippen LogP contribution is 2.31. The highest BCUT2D eigenvalue weighted by molar-refractivity contribution is 7.15. The van der Waals surface area contributed by atoms with Crippen LogP contribution in [0.2, 0.25) is 0 Å². The third-order valence-electron chi connectivity index (χ3n) is 3.33. The van der Waals surface area contributed by atoms with Crippen molar-refractivity contribution in [2.45, 2.75) is 20.8 Å². The van der Waals surface area contributed by atoms with Crippen molar-refractivity contribution in [3.05, 3.63) is 46.1 Å². The second kappa shape index (κ2) is 4.93. The van der Waals surface area contributed by atoms with Crippen molar-refractivity contribution in [2.24, 2.45) is 0 Å². The highest BCUT2D eigenvalue weighted by atomic mass is 32.1. The van der Waals surface area contributed by atoms with E-state index in [1.165, 1.54) is 11.3 Å². The van der Waals surface area contributed by atoms with Crippen molar-refractivity contribution < 1.29 is 9.90 Å². The van der Waals surface area contributed by atoms with Gasteiger partial charge in [0.1, 0.15) is 0 Å². The molecule has 0 bridgehead atoms. The van der Waals surface area contributed by atoms with Crippen molar-refractivity contribution in [2.75, 3.05) is 0 Å². The van der Waals surface area contributed by atoms with Gasteiger partial charge in [0, 0.05) is 5.39 Å². The van der Waals surface area contributed by atoms with E-state index in [0.717, 1.165) is 21.1 Å². The first-order chi connectivity index (χ1) is 9.95. The number of carboxylic acid groups (broad SMARTS) is 1. The van der Waals surface area contributed by atoms with E-state index in [1.54, 1.807) is 6.07 Å². The van der Waals surface area contributed by atoms with Crippen molar-refractivity contribution >= 4 is 28.2 Å². The zero-order chi connectivity index (χ0) is 15.1. The number of nitrogens with zero attached hydrogens (tertiary/aromatic N) is 2. The SMILES string of the molecule is Cc1ccc2nc(-c3sc(C)nc3C)cc(C(=O)O)c2c1. The number of fused-ring (bicyclic) bond motifs is 1. The molecule has 1 N–H and O–H groups in total. The van der Waals surface area contributed by atoms with Crippen LogP contribution in [0.15, 0.2) is 24.3 Å². The number of aromatic carboxylic acids is 1. The Labute approximate surface area is 126 Å². The monoisotopic (exact) mass is 298 g/mol. The van der Waals surface area contributed by atoms with Crippen LogP contribution < -0.4 is 0 Å². The van der Waals surface area contributed by atoms with Crippen LogP contribution in [0, 0.1) is 20.8 Å². The smallest absolute Gasteiger partial charge is 0.336 e. The summed E-state index contributed by atoms with van der Waals surface area (Å²) in [6.45, 7) is 5.79. The second-order valence-corrected chi connectivity index (χ2v) is 6.23. The average molecular weight is 298 g/mol. The summed E-state index contributed by atoms with van der Waals surface area (Å²) in [4.78, 5) is 21.5. The van der Waals surface area contributed by atoms with Crippen LogP contribution in [0.4, 0.5) is 0 Å². The largest absolute Gasteiger partial charge is 0.478 e. The predicted molar refractivity (Wildman–Crippen MR) is 84.0 cm³/mol. The third kappa shape index (κ3) is 2.40. The van der Waals surface area contributed by atoms with Gasteiger partial charge < -0.3 is 5.11 Å². The summed E-state index contributed by atoms with van der Waals surface area (Å²) in [5.74, 6) is -0.937. The van der Waals surface area contributed by atoms with Crippen LogP contribution in [0.3, 0.4) is 0 Å². The third-order valence-corrected chi connectivity index (χ3v) is 4.43. The first-order valence-electron chi connectivity index (χ1n) is 6.55. The molecule has 0 amide bonds. The topological polar surface area (TPSA) is 63.1 Å². The molecule has 4 nitrogen and oxygen atoms in total. The molecule has 0 spiro atoms. The molecule has 0 aliphatic rings. The number of rotatable bonds is 2. The number of aromatic nitrogens is 2. The van der Waals surface area contributed by atoms with Crippen LogP contribution >= 0.6 is 11.3 Å². The lowest BCUT2D eigenvalue weighted by Crippen LogP contribution is -2.00. The van der Waals surface area contributed by atoms with E-state index in [-0.39, 0.29) is 5.56 Å². The maximum Gasteiger partial charge on any atom is 0.336 e. The zero-order valence-corrected chi connectivity index (χ0v) is 12.8. The van der Waals surface area contributed by atoms with Gasteiger partial charge in [-0.05, 0) is 39.0 Å². The van der Waals surface area contributed by atoms with Gasteiger partial charge in [-0.15, -0.1) is 11.3 Å². The molecule has 3 aromatic rings. The van der Waals surface area contributed by atoms with Crippen molar-refractivity contribution in [3.8, 4) is 10.6 Å². The van der Waals surface area contributed by atoms with E-state index in [2.05, 4.69) is 9.97 Å². The summed E-state index contributed by atoms with van der Waals surface area (Å²) in [7, 11) is 0. The Hall–Kier alpha value is -2.27. The minimum atomic E-state index is -0.937. The standard InChI is InChI=1S/C16H14N2O2S/c1-8-4-5-13-11(6-8)12(16(19)20)7-14(18-13)15-9(2)17-10(3)21-15/h4-7H,1-3H3,(H,19,20). The first kappa shape index (κ1) is 13.7. The number of thiazole rings is 1. The summed E-state index contributed by atoms with van der Waals surface area (Å²) in [5, 5.41) is 11.1. The molecule has 0 unspecified atom stereocenters. The van der Waals surface area contributed by atoms with Gasteiger partial charge in [-0.1, -0.05) is 11.6 Å². The Kier molecular flexibility index (Phi) is 3.22. The molecule has 21 heavy (non-hydrogen) atoms. The minimum Gasteiger partial charge on any atom is -0.478 e. The maximum absolute atomic E-state index is 11.6. The molecule has 0 aliphatic carbocycles. The Bertz CT molecular complexity index is 868. The van der Waals surface area contributed by atoms with E-state index < -0.39 is 5.97 Å². The number of carbonyl (C=O) groups is 1. The summed E-state index contributed by atoms with van der Waals surface area (Å²) in [6, 6.07) is 7.31. The van der Waals surface area contributed by atoms with E-state index >= 15 is 0 Å². The zero-order valence-electron chi connectivity index (χ0n) is 12.0. The summed E-state index contributed by atoms with van der Waals surface area (Å²) in [5.41, 5.74) is 3.55. The number of hydrogen-bond donors (Lipinski definition) is 1. The number of carboxylic acids is 1. The van der Waals surface area contributed by atoms with Crippen molar-refractivity contribution in [3.63, 3.8) is 0 Å². The second-order valence-electron chi connectivity index (χ2n) is 5.03. The quantitative estimate of drug-likeness (QED) is 0.777. The van der Waals surface area contributed by atoms with Crippen molar-refractivity contribution in [1.82, 2.24) is 9.97 Å². The molecule has 5 heteroatoms. The molecule has 3 rings (SSSR count). The van der Waals surface area contributed by atoms with Crippen LogP contribution in [0.25, 0.3) is 21.5 Å². The molecule has 0 aliphatic heterocycles. The van der Waals surface area contributed by atoms with Gasteiger partial charge in [0.2, 0.25) is 0 Å². The van der Waals surface area contributed by atoms with Crippen LogP contribution in [-0.4, -0.2) is 21.0 Å². The minimum absolute atomic E-state index is 0.282. The fraction of sp³-hybridized carbons (Fsp3) is 0.188. The van der Waals surface area contributed by atoms with Gasteiger partial charge in [-0.25, -0.2) is 14.8 Å². The maximum atomic E-state index is 11.6. The molecule has 0 saturated heterocycles. The molecule has 106 valence electrons. The molecule has 2 aromatic heterocycles. The Morgan fingerprint density at radius 2 is 1.90 bits per heavy atom. The lowest BCUT2D eigenvalue weighted by molar-refractivity contribution is 0.0699. The Morgan fingerprint density at radius 3 is 2.52 bits per heavy atom. The van der Waals surface area contributed by atoms with Gasteiger partial charge in [0.25, 0.3) is 0 Å². The van der Waals surface area contributed by atoms with Gasteiger partial charge >= 0.3 is 5.97 Å². The predicted octanol–water partition coefficient (Wildman–Crippen LogP) is 3.98. The molecule has 0 atom stereocenters. The van der Waals surface area contributed by atoms with Gasteiger partial charge in [-0.2, -0.15) is 0 Å². The van der Waals surface area contributed by atoms with E-state index in [9.17, 15) is 9.90 Å². The van der Waals surface area contributed by atoms with Gasteiger partial charge in [-0.3, -0.25) is 0 Å². The molecule has 1 aromatic carbocycles. The van der Waals surface area contributed by atoms with E-state index in [1.807, 2.05) is 39.0 Å². The Balaban J connectivity index is 2.33. The van der Waals surface area contributed by atoms with E-state index in [4.69, 9.17) is 0 Å². The average Bonchev–Trinajstić information content (AvgIpc) is 2.76. The highest BCUT2D eigenvalue weighted by Gasteiger charge is 2.16. The molecular weight excluding hydrogens is 284 g/mol. The molecular formula is C16H14N2O2S. The fourth-order valence-corrected chi connectivity index (χ4v) is 3.28. The van der Waals surface area contributed by atoms with Crippen LogP contribution in [-0.2, 0) is 0 Å². The van der Waals surface area contributed by atoms with Gasteiger partial charge in [0.15, 0.2) is 0 Å². The molecule has 0 saturated carbocycles. The lowest BCUT2D eigenvalue weighted by Gasteiger charge is -2.07. The normalized spacial score (nSPS) is 11.0. The molecule has 0 fully saturated rings. The number of hydrogen-bond acceptors (Lipinski definition) is 4. The summed E-state index contributed by atoms with van der Waals surface area (Å²) >= 11 is 1.53. The number of pyridine rings is 1. The van der Waals surface area contributed by atoms with E-state index in [0.29, 0.717) is 16.6 Å². The number of benzene rings is 1. The Morgan fingerprint density at radius 1 is 1.14 bits per heavy atom. The summed E-state index contributed by atoms with van der Waals surface area (Å²) in [6.07, 6.45) is 0. The lowest BCUT2D eigenvalue weighted by atomic mass is 10.0. The number of aryl methyl sites for hydroxylation is 3. The fourth-order valence-electron chi connectivity index (χ4n) is 2.40. The van der Waals surface area contributed by atoms with Crippen LogP contribution in [0.5, 0.6) is 0 Å². The van der Waals surface area contributed by atoms with Crippen molar-refractivity contribution in [1.29, 1.82) is 0 Å². The summed E-state index contributed by atoms with van der Waals surface area (Å²) < 4.78 is 0. The molecule has 0 radical (unpaired) electrons. The van der Waals surface area contributed by atoms with Crippen LogP contribution in [0.1, 0.15) is 26.6 Å². The first-order valence-corrected chi connectivity index (χ1v) is 7.36. The molecule has 2 heterocycles.